The van der Waals surface area contributed by atoms with Crippen LogP contribution < -0.4 is 16.2 Å². The first-order valence-corrected chi connectivity index (χ1v) is 6.44. The smallest absolute Gasteiger partial charge is 0.484 e. The Bertz CT molecular complexity index is 444. The molecule has 0 heterocycles. The zero-order valence-corrected chi connectivity index (χ0v) is 12.9. The fraction of sp³-hybridized carbons (Fsp3) is 0.538. The van der Waals surface area contributed by atoms with E-state index in [1.165, 1.54) is 0 Å². The Kier molecular flexibility index (Phi) is 7.15. The second-order valence-corrected chi connectivity index (χ2v) is 5.59. The molecule has 0 saturated carbocycles. The van der Waals surface area contributed by atoms with Gasteiger partial charge >= 0.3 is 7.32 Å². The SMILES string of the molecule is CC(C)(O)C(C)(C)Oc1cc(N)ccc1CN.OB(O)O. The lowest BCUT2D eigenvalue weighted by Crippen LogP contribution is -2.49. The molecule has 0 amide bonds. The highest BCUT2D eigenvalue weighted by Gasteiger charge is 2.37. The van der Waals surface area contributed by atoms with E-state index in [2.05, 4.69) is 0 Å². The monoisotopic (exact) mass is 300 g/mol. The largest absolute Gasteiger partial charge is 0.631 e. The molecule has 0 aliphatic rings. The summed E-state index contributed by atoms with van der Waals surface area (Å²) in [5.74, 6) is 0.625. The molecule has 7 nitrogen and oxygen atoms in total. The van der Waals surface area contributed by atoms with Gasteiger partial charge in [0.15, 0.2) is 0 Å². The highest BCUT2D eigenvalue weighted by atomic mass is 16.5. The van der Waals surface area contributed by atoms with Crippen LogP contribution in [-0.2, 0) is 6.54 Å². The zero-order chi connectivity index (χ0) is 16.8. The van der Waals surface area contributed by atoms with Gasteiger partial charge in [0.05, 0.1) is 5.60 Å². The standard InChI is InChI=1S/C13H22N2O2.BH3O3/c1-12(2,16)13(3,4)17-11-7-10(15)6-5-9(11)8-14;2-1(3)4/h5-7,16H,8,14-15H2,1-4H3;2-4H. The summed E-state index contributed by atoms with van der Waals surface area (Å²) in [6.07, 6.45) is 0. The number of benzene rings is 1. The van der Waals surface area contributed by atoms with Crippen LogP contribution >= 0.6 is 0 Å². The van der Waals surface area contributed by atoms with E-state index < -0.39 is 18.5 Å². The van der Waals surface area contributed by atoms with E-state index in [-0.39, 0.29) is 0 Å². The van der Waals surface area contributed by atoms with Gasteiger partial charge in [-0.2, -0.15) is 0 Å². The average Bonchev–Trinajstić information content (AvgIpc) is 2.26. The lowest BCUT2D eigenvalue weighted by Gasteiger charge is -2.38. The molecule has 0 spiro atoms. The van der Waals surface area contributed by atoms with E-state index in [4.69, 9.17) is 31.3 Å². The molecule has 0 saturated heterocycles. The van der Waals surface area contributed by atoms with Crippen molar-refractivity contribution in [2.75, 3.05) is 5.73 Å². The fourth-order valence-corrected chi connectivity index (χ4v) is 1.23. The quantitative estimate of drug-likeness (QED) is 0.328. The van der Waals surface area contributed by atoms with Crippen molar-refractivity contribution in [2.45, 2.75) is 45.4 Å². The molecular formula is C13H25BN2O5. The normalized spacial score (nSPS) is 11.5. The van der Waals surface area contributed by atoms with Gasteiger partial charge in [0, 0.05) is 23.9 Å². The number of nitrogens with two attached hydrogens (primary N) is 2. The second-order valence-electron chi connectivity index (χ2n) is 5.59. The van der Waals surface area contributed by atoms with Crippen LogP contribution in [0.1, 0.15) is 33.3 Å². The van der Waals surface area contributed by atoms with Gasteiger partial charge in [0.1, 0.15) is 11.4 Å². The van der Waals surface area contributed by atoms with E-state index in [9.17, 15) is 5.11 Å². The third-order valence-corrected chi connectivity index (χ3v) is 3.15. The minimum atomic E-state index is -2.17. The molecule has 0 aliphatic heterocycles. The molecule has 1 aromatic rings. The first-order chi connectivity index (χ1) is 9.40. The molecule has 0 unspecified atom stereocenters. The molecular weight excluding hydrogens is 275 g/mol. The van der Waals surface area contributed by atoms with E-state index in [0.717, 1.165) is 5.56 Å². The lowest BCUT2D eigenvalue weighted by atomic mass is 9.89. The molecule has 8 N–H and O–H groups in total. The van der Waals surface area contributed by atoms with Crippen molar-refractivity contribution in [3.8, 4) is 5.75 Å². The molecule has 0 aromatic heterocycles. The Balaban J connectivity index is 0.000000885. The van der Waals surface area contributed by atoms with Gasteiger partial charge in [-0.15, -0.1) is 0 Å². The molecule has 21 heavy (non-hydrogen) atoms. The zero-order valence-electron chi connectivity index (χ0n) is 12.9. The second kappa shape index (κ2) is 7.62. The van der Waals surface area contributed by atoms with Crippen LogP contribution in [0.3, 0.4) is 0 Å². The first kappa shape index (κ1) is 19.7. The molecule has 0 bridgehead atoms. The van der Waals surface area contributed by atoms with Gasteiger partial charge in [-0.25, -0.2) is 0 Å². The predicted octanol–water partition coefficient (Wildman–Crippen LogP) is -0.396. The fourth-order valence-electron chi connectivity index (χ4n) is 1.23. The highest BCUT2D eigenvalue weighted by molar-refractivity contribution is 6.30. The average molecular weight is 300 g/mol. The van der Waals surface area contributed by atoms with Gasteiger partial charge in [-0.3, -0.25) is 0 Å². The molecule has 0 radical (unpaired) electrons. The van der Waals surface area contributed by atoms with Gasteiger partial charge < -0.3 is 36.4 Å². The van der Waals surface area contributed by atoms with Gasteiger partial charge in [0.25, 0.3) is 0 Å². The van der Waals surface area contributed by atoms with Gasteiger partial charge in [0.2, 0.25) is 0 Å². The first-order valence-electron chi connectivity index (χ1n) is 6.44. The Morgan fingerprint density at radius 2 is 1.62 bits per heavy atom. The molecule has 8 heteroatoms. The minimum absolute atomic E-state index is 0.373. The Morgan fingerprint density at radius 1 is 1.14 bits per heavy atom. The summed E-state index contributed by atoms with van der Waals surface area (Å²) in [6, 6.07) is 5.35. The Hall–Kier alpha value is -1.32. The number of hydrogen-bond acceptors (Lipinski definition) is 7. The third-order valence-electron chi connectivity index (χ3n) is 3.15. The van der Waals surface area contributed by atoms with Crippen LogP contribution in [0.4, 0.5) is 5.69 Å². The summed E-state index contributed by atoms with van der Waals surface area (Å²) in [5, 5.41) is 31.6. The summed E-state index contributed by atoms with van der Waals surface area (Å²) in [6.45, 7) is 7.45. The van der Waals surface area contributed by atoms with E-state index in [0.29, 0.717) is 18.0 Å². The van der Waals surface area contributed by atoms with Gasteiger partial charge in [-0.1, -0.05) is 6.07 Å². The Morgan fingerprint density at radius 3 is 2.00 bits per heavy atom. The van der Waals surface area contributed by atoms with Crippen molar-refractivity contribution >= 4 is 13.0 Å². The van der Waals surface area contributed by atoms with Gasteiger partial charge in [-0.05, 0) is 33.8 Å². The van der Waals surface area contributed by atoms with Crippen LogP contribution in [0.5, 0.6) is 5.75 Å². The van der Waals surface area contributed by atoms with Crippen molar-refractivity contribution in [1.29, 1.82) is 0 Å². The molecule has 0 atom stereocenters. The Labute approximate surface area is 125 Å². The van der Waals surface area contributed by atoms with Crippen molar-refractivity contribution in [2.24, 2.45) is 5.73 Å². The van der Waals surface area contributed by atoms with Crippen molar-refractivity contribution in [3.05, 3.63) is 23.8 Å². The van der Waals surface area contributed by atoms with E-state index in [1.54, 1.807) is 26.0 Å². The maximum Gasteiger partial charge on any atom is 0.631 e. The van der Waals surface area contributed by atoms with E-state index in [1.807, 2.05) is 19.9 Å². The summed E-state index contributed by atoms with van der Waals surface area (Å²) in [4.78, 5) is 0. The van der Waals surface area contributed by atoms with Crippen molar-refractivity contribution < 1.29 is 24.9 Å². The van der Waals surface area contributed by atoms with Crippen LogP contribution in [-0.4, -0.2) is 38.7 Å². The van der Waals surface area contributed by atoms with Crippen molar-refractivity contribution in [3.63, 3.8) is 0 Å². The number of anilines is 1. The number of nitrogen functional groups attached to an aromatic ring is 1. The van der Waals surface area contributed by atoms with Crippen LogP contribution in [0.2, 0.25) is 0 Å². The lowest BCUT2D eigenvalue weighted by molar-refractivity contribution is -0.0909. The topological polar surface area (TPSA) is 142 Å². The molecule has 0 fully saturated rings. The predicted molar refractivity (Wildman–Crippen MR) is 82.2 cm³/mol. The van der Waals surface area contributed by atoms with Crippen LogP contribution in [0.15, 0.2) is 18.2 Å². The molecule has 1 aromatic carbocycles. The maximum absolute atomic E-state index is 10.1. The van der Waals surface area contributed by atoms with Crippen LogP contribution in [0.25, 0.3) is 0 Å². The third kappa shape index (κ3) is 6.79. The summed E-state index contributed by atoms with van der Waals surface area (Å²) in [5.41, 5.74) is 11.2. The minimum Gasteiger partial charge on any atom is -0.484 e. The molecule has 1 rings (SSSR count). The molecule has 120 valence electrons. The number of hydrogen-bond donors (Lipinski definition) is 6. The number of rotatable bonds is 4. The summed E-state index contributed by atoms with van der Waals surface area (Å²) >= 11 is 0. The summed E-state index contributed by atoms with van der Waals surface area (Å²) in [7, 11) is -2.17. The maximum atomic E-state index is 10.1. The number of aliphatic hydroxyl groups is 1. The molecule has 0 aliphatic carbocycles. The van der Waals surface area contributed by atoms with E-state index >= 15 is 0 Å². The number of ether oxygens (including phenoxy) is 1. The van der Waals surface area contributed by atoms with Crippen molar-refractivity contribution in [1.82, 2.24) is 0 Å². The van der Waals surface area contributed by atoms with Crippen LogP contribution in [0, 0.1) is 0 Å². The highest BCUT2D eigenvalue weighted by Crippen LogP contribution is 2.31. The summed E-state index contributed by atoms with van der Waals surface area (Å²) < 4.78 is 5.86.